The molecule has 1 aromatic heterocycles. The molecule has 7 nitrogen and oxygen atoms in total. The van der Waals surface area contributed by atoms with Crippen LogP contribution in [0.3, 0.4) is 0 Å². The number of nitrogens with one attached hydrogen (secondary N) is 1. The summed E-state index contributed by atoms with van der Waals surface area (Å²) in [5.41, 5.74) is 7.89. The quantitative estimate of drug-likeness (QED) is 0.164. The Morgan fingerprint density at radius 2 is 1.80 bits per heavy atom. The number of hydrogen-bond donors (Lipinski definition) is 2. The van der Waals surface area contributed by atoms with E-state index in [1.54, 1.807) is 6.07 Å². The summed E-state index contributed by atoms with van der Waals surface area (Å²) in [6.45, 7) is 10.6. The van der Waals surface area contributed by atoms with Gasteiger partial charge < -0.3 is 19.7 Å². The van der Waals surface area contributed by atoms with Crippen LogP contribution in [0.2, 0.25) is 0 Å². The number of fused-ring (bicyclic) bond motifs is 4. The van der Waals surface area contributed by atoms with Gasteiger partial charge in [-0.25, -0.2) is 9.78 Å². The van der Waals surface area contributed by atoms with Crippen molar-refractivity contribution < 1.29 is 19.4 Å². The van der Waals surface area contributed by atoms with Crippen molar-refractivity contribution in [3.63, 3.8) is 0 Å². The number of carboxylic acid groups (broad SMARTS) is 1. The number of aryl methyl sites for hydroxylation is 1. The molecule has 0 saturated heterocycles. The van der Waals surface area contributed by atoms with Crippen molar-refractivity contribution in [2.45, 2.75) is 116 Å². The Morgan fingerprint density at radius 1 is 0.980 bits per heavy atom. The molecule has 2 N–H and O–H groups in total. The van der Waals surface area contributed by atoms with Gasteiger partial charge in [0.15, 0.2) is 6.61 Å². The van der Waals surface area contributed by atoms with Gasteiger partial charge in [0.1, 0.15) is 11.6 Å². The van der Waals surface area contributed by atoms with Gasteiger partial charge in [-0.3, -0.25) is 4.79 Å². The summed E-state index contributed by atoms with van der Waals surface area (Å²) in [4.78, 5) is 29.9. The van der Waals surface area contributed by atoms with E-state index >= 15 is 0 Å². The molecule has 3 aliphatic rings. The van der Waals surface area contributed by atoms with Gasteiger partial charge in [0.25, 0.3) is 5.91 Å². The second kappa shape index (κ2) is 14.5. The molecule has 3 aliphatic carbocycles. The molecule has 1 amide bonds. The van der Waals surface area contributed by atoms with E-state index in [9.17, 15) is 14.7 Å². The fraction of sp³-hybridized carbons (Fsp3) is 0.523. The normalized spacial score (nSPS) is 23.5. The van der Waals surface area contributed by atoms with Gasteiger partial charge in [0.2, 0.25) is 0 Å². The fourth-order valence-electron chi connectivity index (χ4n) is 10.0. The number of benzene rings is 3. The molecule has 51 heavy (non-hydrogen) atoms. The number of aromatic nitrogens is 2. The van der Waals surface area contributed by atoms with Crippen LogP contribution in [-0.4, -0.2) is 39.7 Å². The molecular formula is C44H55N3O4. The molecule has 3 aromatic carbocycles. The van der Waals surface area contributed by atoms with E-state index in [4.69, 9.17) is 9.72 Å². The zero-order valence-corrected chi connectivity index (χ0v) is 31.0. The number of imidazole rings is 1. The van der Waals surface area contributed by atoms with Crippen LogP contribution in [0.15, 0.2) is 60.7 Å². The highest BCUT2D eigenvalue weighted by Crippen LogP contribution is 2.58. The van der Waals surface area contributed by atoms with Crippen LogP contribution in [0.25, 0.3) is 22.4 Å². The first kappa shape index (κ1) is 35.3. The highest BCUT2D eigenvalue weighted by molar-refractivity contribution is 5.98. The van der Waals surface area contributed by atoms with Crippen molar-refractivity contribution in [1.29, 1.82) is 0 Å². The molecule has 0 aliphatic heterocycles. The lowest BCUT2D eigenvalue weighted by Crippen LogP contribution is -2.50. The molecule has 4 aromatic rings. The van der Waals surface area contributed by atoms with Gasteiger partial charge in [-0.05, 0) is 108 Å². The number of hydrogen-bond acceptors (Lipinski definition) is 4. The number of carbonyl (C=O) groups is 2. The summed E-state index contributed by atoms with van der Waals surface area (Å²) in [5, 5.41) is 12.4. The van der Waals surface area contributed by atoms with E-state index in [0.29, 0.717) is 35.6 Å². The molecule has 3 atom stereocenters. The molecule has 270 valence electrons. The number of nitrogens with zero attached hydrogens (tertiary/aromatic N) is 2. The minimum Gasteiger partial charge on any atom is -0.482 e. The Bertz CT molecular complexity index is 1910. The second-order valence-corrected chi connectivity index (χ2v) is 16.6. The van der Waals surface area contributed by atoms with Gasteiger partial charge in [-0.1, -0.05) is 96.6 Å². The maximum atomic E-state index is 13.4. The maximum Gasteiger partial charge on any atom is 0.341 e. The number of ether oxygens (including phenoxy) is 1. The molecule has 7 heteroatoms. The Morgan fingerprint density at radius 3 is 2.59 bits per heavy atom. The fourth-order valence-corrected chi connectivity index (χ4v) is 10.0. The van der Waals surface area contributed by atoms with Crippen molar-refractivity contribution in [2.24, 2.45) is 17.3 Å². The number of carboxylic acids is 1. The van der Waals surface area contributed by atoms with Crippen molar-refractivity contribution in [3.05, 3.63) is 82.9 Å². The Hall–Kier alpha value is -4.13. The molecule has 1 heterocycles. The molecule has 0 radical (unpaired) electrons. The minimum absolute atomic E-state index is 0.0103. The molecule has 7 rings (SSSR count). The second-order valence-electron chi connectivity index (χ2n) is 16.6. The summed E-state index contributed by atoms with van der Waals surface area (Å²) >= 11 is 0. The van der Waals surface area contributed by atoms with Gasteiger partial charge in [-0.15, -0.1) is 0 Å². The topological polar surface area (TPSA) is 93.4 Å². The average Bonchev–Trinajstić information content (AvgIpc) is 3.47. The van der Waals surface area contributed by atoms with E-state index in [1.807, 2.05) is 30.3 Å². The maximum absolute atomic E-state index is 13.4. The Labute approximate surface area is 303 Å². The van der Waals surface area contributed by atoms with E-state index in [2.05, 4.69) is 61.8 Å². The predicted molar refractivity (Wildman–Crippen MR) is 203 cm³/mol. The smallest absolute Gasteiger partial charge is 0.341 e. The van der Waals surface area contributed by atoms with Crippen LogP contribution in [0.4, 0.5) is 0 Å². The van der Waals surface area contributed by atoms with E-state index < -0.39 is 12.6 Å². The lowest BCUT2D eigenvalue weighted by Gasteiger charge is -2.56. The lowest BCUT2D eigenvalue weighted by atomic mass is 9.49. The number of aliphatic carboxylic acids is 1. The van der Waals surface area contributed by atoms with Crippen molar-refractivity contribution in [2.75, 3.05) is 13.2 Å². The average molecular weight is 690 g/mol. The number of rotatable bonds is 11. The van der Waals surface area contributed by atoms with E-state index in [0.717, 1.165) is 54.6 Å². The first-order chi connectivity index (χ1) is 24.5. The summed E-state index contributed by atoms with van der Waals surface area (Å²) in [7, 11) is 0. The molecule has 0 spiro atoms. The first-order valence-corrected chi connectivity index (χ1v) is 19.4. The Balaban J connectivity index is 1.22. The highest BCUT2D eigenvalue weighted by atomic mass is 16.5. The lowest BCUT2D eigenvalue weighted by molar-refractivity contribution is -0.139. The van der Waals surface area contributed by atoms with E-state index in [1.165, 1.54) is 61.6 Å². The van der Waals surface area contributed by atoms with Crippen molar-refractivity contribution in [1.82, 2.24) is 14.9 Å². The summed E-state index contributed by atoms with van der Waals surface area (Å²) in [6.07, 6.45) is 13.3. The van der Waals surface area contributed by atoms with Gasteiger partial charge in [0.05, 0.1) is 11.0 Å². The summed E-state index contributed by atoms with van der Waals surface area (Å²) in [6, 6.07) is 20.8. The molecular weight excluding hydrogens is 635 g/mol. The zero-order chi connectivity index (χ0) is 35.8. The predicted octanol–water partition coefficient (Wildman–Crippen LogP) is 9.70. The molecule has 2 saturated carbocycles. The molecule has 2 fully saturated rings. The standard InChI is InChI=1S/C44H55N3O4/c1-29(2)31-14-17-36-32(24-31)16-19-39-43(3,21-9-22-44(36,39)4)28-47-38-18-15-34(42(50)45-23-20-30-10-6-5-7-11-30)26-37(38)46-41(47)33-12-8-13-35(25-33)51-27-40(48)49/h8,12-15,17-18,24-26,29-30,39H,5-7,9-11,16,19-23,27-28H2,1-4H3,(H,45,50)(H,48,49)/t39-,43-,44+/m0/s1. The van der Waals surface area contributed by atoms with E-state index in [-0.39, 0.29) is 16.7 Å². The first-order valence-electron chi connectivity index (χ1n) is 19.4. The van der Waals surface area contributed by atoms with Crippen LogP contribution in [0.1, 0.15) is 125 Å². The van der Waals surface area contributed by atoms with Crippen LogP contribution in [0, 0.1) is 17.3 Å². The number of amides is 1. The SMILES string of the molecule is CC(C)c1ccc2c(c1)CC[C@H]1[C@](C)(Cn3c(-c4cccc(OCC(=O)O)c4)nc4cc(C(=O)NCCC5CCCCC5)ccc43)CCC[C@]21C. The molecule has 0 bridgehead atoms. The van der Waals surface area contributed by atoms with Crippen LogP contribution < -0.4 is 10.1 Å². The van der Waals surface area contributed by atoms with Crippen LogP contribution in [-0.2, 0) is 23.2 Å². The Kier molecular flexibility index (Phi) is 10.0. The third-order valence-electron chi connectivity index (χ3n) is 12.7. The third-order valence-corrected chi connectivity index (χ3v) is 12.7. The van der Waals surface area contributed by atoms with Gasteiger partial charge in [0, 0.05) is 24.2 Å². The minimum atomic E-state index is -1.01. The monoisotopic (exact) mass is 689 g/mol. The molecule has 0 unspecified atom stereocenters. The largest absolute Gasteiger partial charge is 0.482 e. The zero-order valence-electron chi connectivity index (χ0n) is 31.0. The van der Waals surface area contributed by atoms with Gasteiger partial charge in [-0.2, -0.15) is 0 Å². The summed E-state index contributed by atoms with van der Waals surface area (Å²) in [5.74, 6) is 1.98. The third kappa shape index (κ3) is 7.18. The van der Waals surface area contributed by atoms with Crippen molar-refractivity contribution >= 4 is 22.9 Å². The highest BCUT2D eigenvalue weighted by Gasteiger charge is 2.52. The number of carbonyl (C=O) groups excluding carboxylic acids is 1. The van der Waals surface area contributed by atoms with Crippen LogP contribution in [0.5, 0.6) is 5.75 Å². The van der Waals surface area contributed by atoms with Gasteiger partial charge >= 0.3 is 5.97 Å². The van der Waals surface area contributed by atoms with Crippen LogP contribution >= 0.6 is 0 Å². The van der Waals surface area contributed by atoms with Crippen molar-refractivity contribution in [3.8, 4) is 17.1 Å². The summed E-state index contributed by atoms with van der Waals surface area (Å²) < 4.78 is 7.96.